The number of rotatable bonds is 8. The van der Waals surface area contributed by atoms with Gasteiger partial charge in [-0.15, -0.1) is 0 Å². The number of amides is 1. The quantitative estimate of drug-likeness (QED) is 0.793. The van der Waals surface area contributed by atoms with Gasteiger partial charge in [0.05, 0.1) is 0 Å². The number of nitrogens with zero attached hydrogens (tertiary/aromatic N) is 3. The molecule has 0 aliphatic heterocycles. The molecule has 1 aromatic heterocycles. The maximum absolute atomic E-state index is 12.0. The number of carbonyl (C=O) groups excluding carboxylic acids is 1. The summed E-state index contributed by atoms with van der Waals surface area (Å²) in [5.41, 5.74) is 0.433. The van der Waals surface area contributed by atoms with Crippen molar-refractivity contribution in [3.63, 3.8) is 0 Å². The number of anilines is 1. The Hall–Kier alpha value is -1.65. The Morgan fingerprint density at radius 3 is 2.80 bits per heavy atom. The first-order valence-electron chi connectivity index (χ1n) is 7.36. The molecule has 0 bridgehead atoms. The van der Waals surface area contributed by atoms with Crippen molar-refractivity contribution in [2.24, 2.45) is 5.92 Å². The Labute approximate surface area is 121 Å². The van der Waals surface area contributed by atoms with Crippen molar-refractivity contribution in [2.75, 3.05) is 25.0 Å². The number of hydrogen-bond donors (Lipinski definition) is 1. The van der Waals surface area contributed by atoms with E-state index in [1.807, 2.05) is 7.05 Å². The van der Waals surface area contributed by atoms with Crippen LogP contribution in [0.25, 0.3) is 0 Å². The number of carbonyl (C=O) groups is 1. The maximum atomic E-state index is 12.0. The summed E-state index contributed by atoms with van der Waals surface area (Å²) in [6.45, 7) is 8.04. The highest BCUT2D eigenvalue weighted by molar-refractivity contribution is 5.92. The largest absolute Gasteiger partial charge is 0.360 e. The van der Waals surface area contributed by atoms with Crippen LogP contribution in [0.2, 0.25) is 0 Å². The van der Waals surface area contributed by atoms with Crippen LogP contribution in [-0.2, 0) is 0 Å². The van der Waals surface area contributed by atoms with Gasteiger partial charge < -0.3 is 10.2 Å². The Kier molecular flexibility index (Phi) is 6.98. The molecule has 0 unspecified atom stereocenters. The van der Waals surface area contributed by atoms with Gasteiger partial charge in [0.25, 0.3) is 5.91 Å². The Morgan fingerprint density at radius 1 is 1.40 bits per heavy atom. The molecule has 0 aromatic carbocycles. The molecule has 1 N–H and O–H groups in total. The number of nitrogens with one attached hydrogen (secondary N) is 1. The second-order valence-corrected chi connectivity index (χ2v) is 5.47. The molecule has 0 saturated heterocycles. The van der Waals surface area contributed by atoms with Crippen LogP contribution in [0.15, 0.2) is 12.4 Å². The Bertz CT molecular complexity index is 420. The molecule has 0 fully saturated rings. The predicted octanol–water partition coefficient (Wildman–Crippen LogP) is 2.49. The lowest BCUT2D eigenvalue weighted by Crippen LogP contribution is -2.27. The Balaban J connectivity index is 2.60. The maximum Gasteiger partial charge on any atom is 0.270 e. The lowest BCUT2D eigenvalue weighted by molar-refractivity contribution is 0.0947. The molecule has 112 valence electrons. The van der Waals surface area contributed by atoms with Crippen LogP contribution < -0.4 is 10.2 Å². The van der Waals surface area contributed by atoms with E-state index in [-0.39, 0.29) is 5.91 Å². The first kappa shape index (κ1) is 16.4. The van der Waals surface area contributed by atoms with Crippen molar-refractivity contribution in [3.05, 3.63) is 18.1 Å². The zero-order chi connectivity index (χ0) is 15.0. The molecule has 20 heavy (non-hydrogen) atoms. The standard InChI is InChI=1S/C15H26N4O/c1-5-6-9-19(4)14-10-13(17-11-18-14)15(20)16-8-7-12(2)3/h10-12H,5-9H2,1-4H3,(H,16,20). The van der Waals surface area contributed by atoms with Crippen LogP contribution in [0, 0.1) is 5.92 Å². The molecule has 0 atom stereocenters. The smallest absolute Gasteiger partial charge is 0.270 e. The van der Waals surface area contributed by atoms with Crippen LogP contribution >= 0.6 is 0 Å². The number of aromatic nitrogens is 2. The molecule has 0 aliphatic carbocycles. The third-order valence-electron chi connectivity index (χ3n) is 3.13. The van der Waals surface area contributed by atoms with Gasteiger partial charge in [0.2, 0.25) is 0 Å². The highest BCUT2D eigenvalue weighted by Gasteiger charge is 2.10. The molecular formula is C15H26N4O. The van der Waals surface area contributed by atoms with E-state index in [2.05, 4.69) is 41.0 Å². The average molecular weight is 278 g/mol. The van der Waals surface area contributed by atoms with Gasteiger partial charge in [-0.05, 0) is 18.8 Å². The predicted molar refractivity (Wildman–Crippen MR) is 82.0 cm³/mol. The summed E-state index contributed by atoms with van der Waals surface area (Å²) in [5.74, 6) is 1.25. The number of hydrogen-bond acceptors (Lipinski definition) is 4. The van der Waals surface area contributed by atoms with Gasteiger partial charge in [-0.1, -0.05) is 27.2 Å². The topological polar surface area (TPSA) is 58.1 Å². The van der Waals surface area contributed by atoms with Crippen molar-refractivity contribution in [3.8, 4) is 0 Å². The van der Waals surface area contributed by atoms with Crippen LogP contribution in [0.3, 0.4) is 0 Å². The molecule has 0 aliphatic rings. The normalized spacial score (nSPS) is 10.7. The molecule has 1 amide bonds. The minimum atomic E-state index is -0.127. The fourth-order valence-electron chi connectivity index (χ4n) is 1.75. The molecule has 5 heteroatoms. The SMILES string of the molecule is CCCCN(C)c1cc(C(=O)NCCC(C)C)ncn1. The summed E-state index contributed by atoms with van der Waals surface area (Å²) in [4.78, 5) is 22.3. The summed E-state index contributed by atoms with van der Waals surface area (Å²) < 4.78 is 0. The van der Waals surface area contributed by atoms with Crippen molar-refractivity contribution < 1.29 is 4.79 Å². The fraction of sp³-hybridized carbons (Fsp3) is 0.667. The second kappa shape index (κ2) is 8.51. The van der Waals surface area contributed by atoms with E-state index in [1.165, 1.54) is 6.33 Å². The van der Waals surface area contributed by atoms with Gasteiger partial charge >= 0.3 is 0 Å². The number of unbranched alkanes of at least 4 members (excludes halogenated alkanes) is 1. The summed E-state index contributed by atoms with van der Waals surface area (Å²) in [6, 6.07) is 1.75. The molecule has 5 nitrogen and oxygen atoms in total. The van der Waals surface area contributed by atoms with Gasteiger partial charge in [-0.25, -0.2) is 9.97 Å². The first-order chi connectivity index (χ1) is 9.54. The van der Waals surface area contributed by atoms with Crippen LogP contribution in [-0.4, -0.2) is 36.0 Å². The van der Waals surface area contributed by atoms with Gasteiger partial charge in [0.15, 0.2) is 0 Å². The van der Waals surface area contributed by atoms with Crippen LogP contribution in [0.1, 0.15) is 50.5 Å². The molecule has 1 heterocycles. The van der Waals surface area contributed by atoms with E-state index in [1.54, 1.807) is 6.07 Å². The molecule has 0 saturated carbocycles. The zero-order valence-electron chi connectivity index (χ0n) is 13.0. The third kappa shape index (κ3) is 5.55. The van der Waals surface area contributed by atoms with E-state index in [4.69, 9.17) is 0 Å². The van der Waals surface area contributed by atoms with Crippen molar-refractivity contribution in [2.45, 2.75) is 40.0 Å². The lowest BCUT2D eigenvalue weighted by atomic mass is 10.1. The van der Waals surface area contributed by atoms with Crippen molar-refractivity contribution in [1.82, 2.24) is 15.3 Å². The van der Waals surface area contributed by atoms with E-state index in [0.29, 0.717) is 18.2 Å². The van der Waals surface area contributed by atoms with Gasteiger partial charge in [0.1, 0.15) is 17.8 Å². The van der Waals surface area contributed by atoms with E-state index >= 15 is 0 Å². The highest BCUT2D eigenvalue weighted by atomic mass is 16.1. The highest BCUT2D eigenvalue weighted by Crippen LogP contribution is 2.10. The second-order valence-electron chi connectivity index (χ2n) is 5.47. The molecule has 0 radical (unpaired) electrons. The van der Waals surface area contributed by atoms with Gasteiger partial charge in [-0.3, -0.25) is 4.79 Å². The minimum Gasteiger partial charge on any atom is -0.360 e. The third-order valence-corrected chi connectivity index (χ3v) is 3.13. The van der Waals surface area contributed by atoms with Gasteiger partial charge in [-0.2, -0.15) is 0 Å². The van der Waals surface area contributed by atoms with Crippen LogP contribution in [0.5, 0.6) is 0 Å². The lowest BCUT2D eigenvalue weighted by Gasteiger charge is -2.17. The van der Waals surface area contributed by atoms with Crippen molar-refractivity contribution >= 4 is 11.7 Å². The summed E-state index contributed by atoms with van der Waals surface area (Å²) in [5, 5.41) is 2.89. The molecule has 0 spiro atoms. The van der Waals surface area contributed by atoms with E-state index in [9.17, 15) is 4.79 Å². The summed E-state index contributed by atoms with van der Waals surface area (Å²) in [7, 11) is 1.98. The average Bonchev–Trinajstić information content (AvgIpc) is 2.44. The monoisotopic (exact) mass is 278 g/mol. The molecule has 1 aromatic rings. The Morgan fingerprint density at radius 2 is 2.15 bits per heavy atom. The van der Waals surface area contributed by atoms with E-state index in [0.717, 1.165) is 31.6 Å². The molecular weight excluding hydrogens is 252 g/mol. The minimum absolute atomic E-state index is 0.127. The molecule has 1 rings (SSSR count). The van der Waals surface area contributed by atoms with Gasteiger partial charge in [0, 0.05) is 26.2 Å². The first-order valence-corrected chi connectivity index (χ1v) is 7.36. The van der Waals surface area contributed by atoms with E-state index < -0.39 is 0 Å². The summed E-state index contributed by atoms with van der Waals surface area (Å²) in [6.07, 6.45) is 4.67. The zero-order valence-corrected chi connectivity index (χ0v) is 13.0. The van der Waals surface area contributed by atoms with Crippen molar-refractivity contribution in [1.29, 1.82) is 0 Å². The van der Waals surface area contributed by atoms with Crippen LogP contribution in [0.4, 0.5) is 5.82 Å². The summed E-state index contributed by atoms with van der Waals surface area (Å²) >= 11 is 0. The fourth-order valence-corrected chi connectivity index (χ4v) is 1.75.